The molecule has 16 nitrogen and oxygen atoms in total. The van der Waals surface area contributed by atoms with E-state index in [-0.39, 0.29) is 18.4 Å². The molecule has 8 atom stereocenters. The van der Waals surface area contributed by atoms with Gasteiger partial charge >= 0.3 is 18.0 Å². The molecule has 2 amide bonds. The number of Topliss-reactive ketones (excluding diaryl/α,β-unsaturated/α-hetero) is 1. The molecular formula is C33H50N2O14. The van der Waals surface area contributed by atoms with Gasteiger partial charge in [-0.25, -0.2) is 14.4 Å². The third-order valence-electron chi connectivity index (χ3n) is 8.10. The van der Waals surface area contributed by atoms with Crippen LogP contribution in [0.15, 0.2) is 46.8 Å². The Bertz CT molecular complexity index is 1320. The fourth-order valence-corrected chi connectivity index (χ4v) is 5.59. The molecule has 0 aromatic rings. The summed E-state index contributed by atoms with van der Waals surface area (Å²) >= 11 is 0. The molecule has 0 radical (unpaired) electrons. The summed E-state index contributed by atoms with van der Waals surface area (Å²) in [7, 11) is 6.19. The lowest BCUT2D eigenvalue weighted by Gasteiger charge is -2.29. The van der Waals surface area contributed by atoms with Crippen molar-refractivity contribution in [2.24, 2.45) is 17.6 Å². The molecule has 0 saturated heterocycles. The van der Waals surface area contributed by atoms with Gasteiger partial charge in [-0.05, 0) is 38.2 Å². The first-order valence-corrected chi connectivity index (χ1v) is 15.3. The van der Waals surface area contributed by atoms with Gasteiger partial charge in [-0.1, -0.05) is 38.2 Å². The number of amides is 2. The lowest BCUT2D eigenvalue weighted by Crippen LogP contribution is -2.59. The molecule has 8 unspecified atom stereocenters. The van der Waals surface area contributed by atoms with Crippen LogP contribution in [0.25, 0.3) is 0 Å². The lowest BCUT2D eigenvalue weighted by atomic mass is 9.88. The molecule has 0 bridgehead atoms. The minimum Gasteiger partial charge on any atom is -0.497 e. The Hall–Kier alpha value is -4.09. The first kappa shape index (κ1) is 42.9. The van der Waals surface area contributed by atoms with Crippen LogP contribution in [0.3, 0.4) is 0 Å². The standard InChI is InChI=1S/C33H50N2O14/c1-17(13-21-26(39)28(35-24(37)16-36)33(43,29(21)46-7)31(41)48-9)14-23(45-6)25(38)19(3)15-20(4)27(49-32(34)42)22(44-5)12-10-11-18(2)30(40)47-8/h10-12,15,17,19,22-23,25,27-28,36,38,43H,13-14,16H2,1-9H3,(H2,34,42)(H,35,37). The van der Waals surface area contributed by atoms with Crippen LogP contribution in [0, 0.1) is 11.8 Å². The van der Waals surface area contributed by atoms with Crippen molar-refractivity contribution in [1.82, 2.24) is 5.32 Å². The molecule has 0 heterocycles. The van der Waals surface area contributed by atoms with Crippen LogP contribution in [0.2, 0.25) is 0 Å². The first-order valence-electron chi connectivity index (χ1n) is 15.3. The van der Waals surface area contributed by atoms with E-state index in [1.807, 2.05) is 0 Å². The molecule has 276 valence electrons. The average molecular weight is 699 g/mol. The Morgan fingerprint density at radius 3 is 2.16 bits per heavy atom. The van der Waals surface area contributed by atoms with Crippen LogP contribution in [0.1, 0.15) is 40.5 Å². The number of carbonyl (C=O) groups excluding carboxylic acids is 5. The molecule has 49 heavy (non-hydrogen) atoms. The van der Waals surface area contributed by atoms with Crippen LogP contribution in [-0.2, 0) is 47.6 Å². The summed E-state index contributed by atoms with van der Waals surface area (Å²) < 4.78 is 31.1. The number of allylic oxidation sites excluding steroid dienone is 2. The third-order valence-corrected chi connectivity index (χ3v) is 8.10. The minimum absolute atomic E-state index is 0.0527. The van der Waals surface area contributed by atoms with Crippen LogP contribution in [0.5, 0.6) is 0 Å². The van der Waals surface area contributed by atoms with E-state index < -0.39 is 90.0 Å². The number of ether oxygens (including phenoxy) is 6. The highest BCUT2D eigenvalue weighted by atomic mass is 16.6. The summed E-state index contributed by atoms with van der Waals surface area (Å²) in [6, 6.07) is -1.80. The van der Waals surface area contributed by atoms with Gasteiger partial charge in [-0.3, -0.25) is 9.59 Å². The molecular weight excluding hydrogens is 648 g/mol. The van der Waals surface area contributed by atoms with Crippen molar-refractivity contribution in [2.75, 3.05) is 42.2 Å². The Morgan fingerprint density at radius 2 is 1.67 bits per heavy atom. The number of methoxy groups -OCH3 is 5. The van der Waals surface area contributed by atoms with E-state index in [9.17, 15) is 39.3 Å². The molecule has 0 aliphatic heterocycles. The second-order valence-electron chi connectivity index (χ2n) is 11.7. The predicted octanol–water partition coefficient (Wildman–Crippen LogP) is 0.380. The van der Waals surface area contributed by atoms with Gasteiger partial charge in [-0.15, -0.1) is 0 Å². The summed E-state index contributed by atoms with van der Waals surface area (Å²) in [5, 5.41) is 33.9. The molecule has 16 heteroatoms. The summed E-state index contributed by atoms with van der Waals surface area (Å²) in [4.78, 5) is 61.4. The number of rotatable bonds is 19. The lowest BCUT2D eigenvalue weighted by molar-refractivity contribution is -0.165. The van der Waals surface area contributed by atoms with Gasteiger partial charge in [0, 0.05) is 31.3 Å². The smallest absolute Gasteiger partial charge is 0.405 e. The van der Waals surface area contributed by atoms with Gasteiger partial charge in [0.1, 0.15) is 24.5 Å². The summed E-state index contributed by atoms with van der Waals surface area (Å²) in [6.45, 7) is 5.68. The quantitative estimate of drug-likeness (QED) is 0.0403. The van der Waals surface area contributed by atoms with E-state index in [0.717, 1.165) is 14.2 Å². The zero-order chi connectivity index (χ0) is 37.6. The Labute approximate surface area is 285 Å². The van der Waals surface area contributed by atoms with Crippen LogP contribution >= 0.6 is 0 Å². The van der Waals surface area contributed by atoms with Crippen molar-refractivity contribution < 1.29 is 67.7 Å². The summed E-state index contributed by atoms with van der Waals surface area (Å²) in [6.07, 6.45) is 1.62. The van der Waals surface area contributed by atoms with Crippen molar-refractivity contribution in [3.63, 3.8) is 0 Å². The maximum atomic E-state index is 13.4. The molecule has 1 aliphatic rings. The van der Waals surface area contributed by atoms with Gasteiger partial charge in [-0.2, -0.15) is 0 Å². The molecule has 6 N–H and O–H groups in total. The third kappa shape index (κ3) is 11.0. The predicted molar refractivity (Wildman–Crippen MR) is 173 cm³/mol. The van der Waals surface area contributed by atoms with Crippen molar-refractivity contribution in [3.05, 3.63) is 46.8 Å². The molecule has 0 saturated carbocycles. The Kier molecular flexibility index (Phi) is 17.3. The van der Waals surface area contributed by atoms with Gasteiger partial charge in [0.2, 0.25) is 11.5 Å². The summed E-state index contributed by atoms with van der Waals surface area (Å²) in [5.74, 6) is -4.98. The highest BCUT2D eigenvalue weighted by Crippen LogP contribution is 2.39. The molecule has 0 fully saturated rings. The van der Waals surface area contributed by atoms with Gasteiger partial charge in [0.25, 0.3) is 0 Å². The van der Waals surface area contributed by atoms with Crippen molar-refractivity contribution >= 4 is 29.7 Å². The molecule has 0 spiro atoms. The monoisotopic (exact) mass is 698 g/mol. The van der Waals surface area contributed by atoms with Gasteiger partial charge < -0.3 is 54.8 Å². The second kappa shape index (κ2) is 19.8. The summed E-state index contributed by atoms with van der Waals surface area (Å²) in [5.41, 5.74) is 3.39. The fourth-order valence-electron chi connectivity index (χ4n) is 5.59. The fraction of sp³-hybridized carbons (Fsp3) is 0.606. The maximum Gasteiger partial charge on any atom is 0.405 e. The zero-order valence-corrected chi connectivity index (χ0v) is 29.4. The molecule has 1 aliphatic carbocycles. The number of aliphatic hydroxyl groups excluding tert-OH is 2. The van der Waals surface area contributed by atoms with E-state index in [4.69, 9.17) is 29.4 Å². The highest BCUT2D eigenvalue weighted by Gasteiger charge is 2.61. The average Bonchev–Trinajstić information content (AvgIpc) is 3.27. The largest absolute Gasteiger partial charge is 0.497 e. The van der Waals surface area contributed by atoms with E-state index in [0.29, 0.717) is 11.1 Å². The van der Waals surface area contributed by atoms with Crippen molar-refractivity contribution in [3.8, 4) is 0 Å². The number of hydrogen-bond donors (Lipinski definition) is 5. The van der Waals surface area contributed by atoms with E-state index >= 15 is 0 Å². The molecule has 0 aromatic carbocycles. The Morgan fingerprint density at radius 1 is 1.04 bits per heavy atom. The number of primary amides is 1. The molecule has 0 aromatic heterocycles. The van der Waals surface area contributed by atoms with Gasteiger partial charge in [0.05, 0.1) is 33.5 Å². The maximum absolute atomic E-state index is 13.4. The van der Waals surface area contributed by atoms with Crippen molar-refractivity contribution in [2.45, 2.75) is 76.6 Å². The first-order chi connectivity index (χ1) is 23.0. The van der Waals surface area contributed by atoms with Crippen LogP contribution < -0.4 is 11.1 Å². The minimum atomic E-state index is -2.67. The number of esters is 2. The highest BCUT2D eigenvalue weighted by molar-refractivity contribution is 6.11. The van der Waals surface area contributed by atoms with Crippen LogP contribution in [-0.4, -0.2) is 123 Å². The molecule has 1 rings (SSSR count). The normalized spacial score (nSPS) is 22.2. The number of nitrogens with two attached hydrogens (primary N) is 1. The number of aliphatic hydroxyl groups is 3. The van der Waals surface area contributed by atoms with Crippen molar-refractivity contribution in [1.29, 1.82) is 0 Å². The SMILES string of the molecule is COC(=O)C(C)=CC=CC(OC)C(OC(N)=O)C(C)=CC(C)C(O)C(CC(C)CC1=C(OC)C(O)(C(=O)OC)C(NC(=O)CO)C1=O)OC. The van der Waals surface area contributed by atoms with E-state index in [2.05, 4.69) is 10.1 Å². The number of hydrogen-bond acceptors (Lipinski definition) is 14. The van der Waals surface area contributed by atoms with E-state index in [1.54, 1.807) is 45.9 Å². The van der Waals surface area contributed by atoms with E-state index in [1.165, 1.54) is 27.4 Å². The van der Waals surface area contributed by atoms with Crippen LogP contribution in [0.4, 0.5) is 4.79 Å². The number of nitrogens with one attached hydrogen (secondary N) is 1. The topological polar surface area (TPSA) is 239 Å². The van der Waals surface area contributed by atoms with Gasteiger partial charge in [0.15, 0.2) is 11.9 Å². The number of ketones is 1. The Balaban J connectivity index is 3.28. The zero-order valence-electron chi connectivity index (χ0n) is 29.4. The second-order valence-corrected chi connectivity index (χ2v) is 11.7. The number of carbonyl (C=O) groups is 5.